The summed E-state index contributed by atoms with van der Waals surface area (Å²) in [5.41, 5.74) is 8.84. The molecule has 23 heavy (non-hydrogen) atoms. The Bertz CT molecular complexity index is 751. The molecule has 0 radical (unpaired) electrons. The maximum Gasteiger partial charge on any atom is 0.251 e. The van der Waals surface area contributed by atoms with Gasteiger partial charge in [-0.3, -0.25) is 14.3 Å². The summed E-state index contributed by atoms with van der Waals surface area (Å²) in [4.78, 5) is 23.5. The third-order valence-corrected chi connectivity index (χ3v) is 4.04. The maximum absolute atomic E-state index is 12.4. The highest BCUT2D eigenvalue weighted by molar-refractivity contribution is 5.94. The number of carbonyl (C=O) groups excluding carboxylic acids is 2. The highest BCUT2D eigenvalue weighted by atomic mass is 16.2. The minimum absolute atomic E-state index is 0.0611. The molecule has 1 aliphatic carbocycles. The molecule has 3 rings (SSSR count). The lowest BCUT2D eigenvalue weighted by atomic mass is 9.93. The number of aromatic nitrogens is 2. The Morgan fingerprint density at radius 3 is 3.00 bits per heavy atom. The Labute approximate surface area is 134 Å². The van der Waals surface area contributed by atoms with Crippen LogP contribution in [0.2, 0.25) is 0 Å². The predicted molar refractivity (Wildman–Crippen MR) is 85.7 cm³/mol. The monoisotopic (exact) mass is 312 g/mol. The standard InChI is InChI=1S/C17H20N4O2/c1-11-4-2-5-12(8-11)17(23)19-14-7-3-6-13-9-21(10-15(18)22)20-16(13)14/h2,4-5,8-9,14H,3,6-7,10H2,1H3,(H2,18,22)(H,19,23)/t14-/m1/s1. The smallest absolute Gasteiger partial charge is 0.251 e. The van der Waals surface area contributed by atoms with Crippen molar-refractivity contribution in [2.75, 3.05) is 0 Å². The van der Waals surface area contributed by atoms with E-state index in [0.29, 0.717) is 5.56 Å². The topological polar surface area (TPSA) is 90.0 Å². The molecule has 0 saturated heterocycles. The van der Waals surface area contributed by atoms with Crippen LogP contribution < -0.4 is 11.1 Å². The van der Waals surface area contributed by atoms with Crippen LogP contribution in [0.4, 0.5) is 0 Å². The zero-order chi connectivity index (χ0) is 16.4. The molecule has 1 aromatic heterocycles. The number of hydrogen-bond donors (Lipinski definition) is 2. The van der Waals surface area contributed by atoms with Gasteiger partial charge >= 0.3 is 0 Å². The van der Waals surface area contributed by atoms with Gasteiger partial charge in [0.15, 0.2) is 0 Å². The summed E-state index contributed by atoms with van der Waals surface area (Å²) >= 11 is 0. The van der Waals surface area contributed by atoms with Crippen molar-refractivity contribution in [3.63, 3.8) is 0 Å². The summed E-state index contributed by atoms with van der Waals surface area (Å²) in [5.74, 6) is -0.527. The van der Waals surface area contributed by atoms with Gasteiger partial charge in [0.2, 0.25) is 5.91 Å². The predicted octanol–water partition coefficient (Wildman–Crippen LogP) is 1.48. The van der Waals surface area contributed by atoms with Gasteiger partial charge in [0.25, 0.3) is 5.91 Å². The first-order valence-electron chi connectivity index (χ1n) is 7.75. The van der Waals surface area contributed by atoms with Crippen LogP contribution in [0.5, 0.6) is 0 Å². The van der Waals surface area contributed by atoms with Gasteiger partial charge in [-0.25, -0.2) is 0 Å². The molecule has 6 nitrogen and oxygen atoms in total. The van der Waals surface area contributed by atoms with Crippen molar-refractivity contribution in [2.24, 2.45) is 5.73 Å². The molecule has 1 aliphatic rings. The lowest BCUT2D eigenvalue weighted by Crippen LogP contribution is -2.31. The molecule has 2 aromatic rings. The zero-order valence-electron chi connectivity index (χ0n) is 13.1. The van der Waals surface area contributed by atoms with Crippen molar-refractivity contribution >= 4 is 11.8 Å². The number of nitrogens with two attached hydrogens (primary N) is 1. The number of hydrogen-bond acceptors (Lipinski definition) is 3. The van der Waals surface area contributed by atoms with Crippen LogP contribution in [-0.2, 0) is 17.8 Å². The molecule has 0 aliphatic heterocycles. The summed E-state index contributed by atoms with van der Waals surface area (Å²) in [7, 11) is 0. The molecule has 0 saturated carbocycles. The van der Waals surface area contributed by atoms with Crippen molar-refractivity contribution < 1.29 is 9.59 Å². The van der Waals surface area contributed by atoms with Gasteiger partial charge in [-0.15, -0.1) is 0 Å². The van der Waals surface area contributed by atoms with E-state index in [1.807, 2.05) is 31.3 Å². The van der Waals surface area contributed by atoms with E-state index in [1.54, 1.807) is 10.7 Å². The third kappa shape index (κ3) is 3.41. The molecular formula is C17H20N4O2. The second-order valence-electron chi connectivity index (χ2n) is 5.99. The first kappa shape index (κ1) is 15.3. The maximum atomic E-state index is 12.4. The molecule has 0 unspecified atom stereocenters. The Morgan fingerprint density at radius 2 is 2.26 bits per heavy atom. The van der Waals surface area contributed by atoms with E-state index in [0.717, 1.165) is 36.1 Å². The fourth-order valence-corrected chi connectivity index (χ4v) is 3.01. The number of carbonyl (C=O) groups is 2. The van der Waals surface area contributed by atoms with Crippen molar-refractivity contribution in [2.45, 2.75) is 38.8 Å². The second-order valence-corrected chi connectivity index (χ2v) is 5.99. The fraction of sp³-hybridized carbons (Fsp3) is 0.353. The Morgan fingerprint density at radius 1 is 1.43 bits per heavy atom. The molecule has 1 atom stereocenters. The molecule has 0 spiro atoms. The number of fused-ring (bicyclic) bond motifs is 1. The normalized spacial score (nSPS) is 16.7. The molecule has 0 bridgehead atoms. The van der Waals surface area contributed by atoms with E-state index in [9.17, 15) is 9.59 Å². The largest absolute Gasteiger partial charge is 0.368 e. The number of nitrogens with zero attached hydrogens (tertiary/aromatic N) is 2. The van der Waals surface area contributed by atoms with Crippen LogP contribution >= 0.6 is 0 Å². The second kappa shape index (κ2) is 6.24. The highest BCUT2D eigenvalue weighted by Crippen LogP contribution is 2.28. The van der Waals surface area contributed by atoms with Gasteiger partial charge in [-0.2, -0.15) is 5.10 Å². The number of primary amides is 1. The Balaban J connectivity index is 1.78. The van der Waals surface area contributed by atoms with E-state index in [4.69, 9.17) is 5.73 Å². The van der Waals surface area contributed by atoms with E-state index in [1.165, 1.54) is 0 Å². The molecule has 2 amide bonds. The number of nitrogens with one attached hydrogen (secondary N) is 1. The third-order valence-electron chi connectivity index (χ3n) is 4.04. The van der Waals surface area contributed by atoms with Gasteiger partial charge in [-0.1, -0.05) is 17.7 Å². The van der Waals surface area contributed by atoms with Crippen molar-refractivity contribution in [3.8, 4) is 0 Å². The van der Waals surface area contributed by atoms with Crippen molar-refractivity contribution in [1.29, 1.82) is 0 Å². The summed E-state index contributed by atoms with van der Waals surface area (Å²) in [6.45, 7) is 2.02. The molecule has 0 fully saturated rings. The van der Waals surface area contributed by atoms with Gasteiger partial charge < -0.3 is 11.1 Å². The van der Waals surface area contributed by atoms with E-state index >= 15 is 0 Å². The van der Waals surface area contributed by atoms with Gasteiger partial charge in [0, 0.05) is 11.8 Å². The number of benzene rings is 1. The summed E-state index contributed by atoms with van der Waals surface area (Å²) < 4.78 is 1.56. The molecule has 3 N–H and O–H groups in total. The number of rotatable bonds is 4. The summed E-state index contributed by atoms with van der Waals surface area (Å²) in [6.07, 6.45) is 4.59. The van der Waals surface area contributed by atoms with E-state index < -0.39 is 5.91 Å². The molecule has 1 aromatic carbocycles. The van der Waals surface area contributed by atoms with Crippen LogP contribution in [-0.4, -0.2) is 21.6 Å². The van der Waals surface area contributed by atoms with Crippen LogP contribution in [0.3, 0.4) is 0 Å². The van der Waals surface area contributed by atoms with Gasteiger partial charge in [-0.05, 0) is 43.9 Å². The quantitative estimate of drug-likeness (QED) is 0.896. The van der Waals surface area contributed by atoms with E-state index in [-0.39, 0.29) is 18.5 Å². The highest BCUT2D eigenvalue weighted by Gasteiger charge is 2.26. The van der Waals surface area contributed by atoms with Crippen LogP contribution in [0.15, 0.2) is 30.5 Å². The van der Waals surface area contributed by atoms with Crippen LogP contribution in [0, 0.1) is 6.92 Å². The Kier molecular flexibility index (Phi) is 4.14. The minimum atomic E-state index is -0.426. The Hall–Kier alpha value is -2.63. The molecule has 120 valence electrons. The lowest BCUT2D eigenvalue weighted by molar-refractivity contribution is -0.118. The fourth-order valence-electron chi connectivity index (χ4n) is 3.01. The average molecular weight is 312 g/mol. The summed E-state index contributed by atoms with van der Waals surface area (Å²) in [5, 5.41) is 7.49. The minimum Gasteiger partial charge on any atom is -0.368 e. The van der Waals surface area contributed by atoms with Gasteiger partial charge in [0.05, 0.1) is 11.7 Å². The molecular weight excluding hydrogens is 292 g/mol. The van der Waals surface area contributed by atoms with Crippen molar-refractivity contribution in [3.05, 3.63) is 52.8 Å². The van der Waals surface area contributed by atoms with E-state index in [2.05, 4.69) is 10.4 Å². The lowest BCUT2D eigenvalue weighted by Gasteiger charge is -2.22. The van der Waals surface area contributed by atoms with Crippen LogP contribution in [0.25, 0.3) is 0 Å². The summed E-state index contributed by atoms with van der Waals surface area (Å²) in [6, 6.07) is 7.38. The average Bonchev–Trinajstić information content (AvgIpc) is 2.89. The van der Waals surface area contributed by atoms with Crippen molar-refractivity contribution in [1.82, 2.24) is 15.1 Å². The molecule has 1 heterocycles. The zero-order valence-corrected chi connectivity index (χ0v) is 13.1. The van der Waals surface area contributed by atoms with Crippen LogP contribution in [0.1, 0.15) is 46.1 Å². The number of aryl methyl sites for hydroxylation is 2. The first-order chi connectivity index (χ1) is 11.0. The molecule has 6 heteroatoms. The SMILES string of the molecule is Cc1cccc(C(=O)N[C@@H]2CCCc3cn(CC(N)=O)nc32)c1. The first-order valence-corrected chi connectivity index (χ1v) is 7.75. The number of amides is 2. The van der Waals surface area contributed by atoms with Gasteiger partial charge in [0.1, 0.15) is 6.54 Å².